The van der Waals surface area contributed by atoms with Gasteiger partial charge >= 0.3 is 0 Å². The van der Waals surface area contributed by atoms with Gasteiger partial charge < -0.3 is 4.74 Å². The van der Waals surface area contributed by atoms with Crippen LogP contribution < -0.4 is 14.9 Å². The first kappa shape index (κ1) is 19.9. The van der Waals surface area contributed by atoms with Gasteiger partial charge in [-0.2, -0.15) is 0 Å². The molecule has 1 atom stereocenters. The Morgan fingerprint density at radius 1 is 1.17 bits per heavy atom. The largest absolute Gasteiger partial charge is 0.497 e. The molecule has 1 aromatic heterocycles. The number of nitrogens with one attached hydrogen (secondary N) is 1. The lowest BCUT2D eigenvalue weighted by Crippen LogP contribution is -2.20. The number of rotatable bonds is 5. The quantitative estimate of drug-likeness (QED) is 0.644. The molecule has 4 rings (SSSR count). The van der Waals surface area contributed by atoms with E-state index in [1.54, 1.807) is 41.7 Å². The summed E-state index contributed by atoms with van der Waals surface area (Å²) in [5, 5.41) is 0.663. The summed E-state index contributed by atoms with van der Waals surface area (Å²) in [5.74, 6) is 1.21. The molecule has 0 saturated heterocycles. The van der Waals surface area contributed by atoms with E-state index in [1.807, 2.05) is 0 Å². The summed E-state index contributed by atoms with van der Waals surface area (Å²) in [4.78, 5) is 14.2. The summed E-state index contributed by atoms with van der Waals surface area (Å²) in [6.45, 7) is 2.19. The maximum Gasteiger partial charge on any atom is 0.261 e. The SMILES string of the molecule is CCC1CCc2c(sc3cc(NS(=O)(=O)c4ccc(OC)cc4)ccc3c2=O)C1. The van der Waals surface area contributed by atoms with Crippen LogP contribution in [0.2, 0.25) is 0 Å². The molecule has 7 heteroatoms. The number of fused-ring (bicyclic) bond motifs is 2. The Labute approximate surface area is 174 Å². The van der Waals surface area contributed by atoms with Gasteiger partial charge in [0, 0.05) is 20.5 Å². The topological polar surface area (TPSA) is 72.5 Å². The second-order valence-electron chi connectivity index (χ2n) is 7.34. The van der Waals surface area contributed by atoms with Crippen LogP contribution in [-0.2, 0) is 22.9 Å². The van der Waals surface area contributed by atoms with E-state index in [0.717, 1.165) is 40.8 Å². The van der Waals surface area contributed by atoms with Crippen molar-refractivity contribution < 1.29 is 13.2 Å². The van der Waals surface area contributed by atoms with Crippen molar-refractivity contribution >= 4 is 37.1 Å². The van der Waals surface area contributed by atoms with Crippen molar-refractivity contribution in [1.82, 2.24) is 0 Å². The number of hydrogen-bond acceptors (Lipinski definition) is 5. The molecule has 0 radical (unpaired) electrons. The van der Waals surface area contributed by atoms with E-state index in [4.69, 9.17) is 4.74 Å². The molecular weight excluding hydrogens is 406 g/mol. The highest BCUT2D eigenvalue weighted by atomic mass is 32.2. The fourth-order valence-electron chi connectivity index (χ4n) is 3.79. The number of benzene rings is 2. The molecule has 0 spiro atoms. The van der Waals surface area contributed by atoms with E-state index in [1.165, 1.54) is 19.2 Å². The van der Waals surface area contributed by atoms with E-state index < -0.39 is 10.0 Å². The molecule has 1 N–H and O–H groups in total. The van der Waals surface area contributed by atoms with E-state index in [2.05, 4.69) is 11.6 Å². The van der Waals surface area contributed by atoms with Gasteiger partial charge in [0.15, 0.2) is 5.43 Å². The predicted octanol–water partition coefficient (Wildman–Crippen LogP) is 4.59. The third kappa shape index (κ3) is 3.89. The molecule has 5 nitrogen and oxygen atoms in total. The minimum Gasteiger partial charge on any atom is -0.497 e. The first-order valence-corrected chi connectivity index (χ1v) is 12.0. The summed E-state index contributed by atoms with van der Waals surface area (Å²) in [6, 6.07) is 11.4. The average Bonchev–Trinajstić information content (AvgIpc) is 2.73. The maximum absolute atomic E-state index is 12.9. The van der Waals surface area contributed by atoms with Crippen LogP contribution in [0.3, 0.4) is 0 Å². The first-order valence-electron chi connectivity index (χ1n) is 9.66. The molecular formula is C22H23NO4S2. The van der Waals surface area contributed by atoms with Crippen LogP contribution in [0.15, 0.2) is 52.2 Å². The lowest BCUT2D eigenvalue weighted by atomic mass is 9.87. The van der Waals surface area contributed by atoms with Crippen LogP contribution in [0.4, 0.5) is 5.69 Å². The van der Waals surface area contributed by atoms with E-state index in [0.29, 0.717) is 22.7 Å². The Morgan fingerprint density at radius 2 is 1.93 bits per heavy atom. The minimum atomic E-state index is -3.73. The minimum absolute atomic E-state index is 0.0906. The number of sulfonamides is 1. The highest BCUT2D eigenvalue weighted by molar-refractivity contribution is 7.92. The van der Waals surface area contributed by atoms with Crippen LogP contribution in [0, 0.1) is 5.92 Å². The Hall–Kier alpha value is -2.38. The summed E-state index contributed by atoms with van der Waals surface area (Å²) >= 11 is 1.61. The smallest absolute Gasteiger partial charge is 0.261 e. The molecule has 0 bridgehead atoms. The standard InChI is InChI=1S/C22H23NO4S2/c1-3-14-4-10-18-20(12-14)28-21-13-15(5-11-19(21)22(18)24)23-29(25,26)17-8-6-16(27-2)7-9-17/h5-9,11,13-14,23H,3-4,10,12H2,1-2H3. The molecule has 2 aromatic carbocycles. The summed E-state index contributed by atoms with van der Waals surface area (Å²) in [6.07, 6.45) is 3.95. The molecule has 1 aliphatic rings. The molecule has 3 aromatic rings. The van der Waals surface area contributed by atoms with Crippen LogP contribution in [0.5, 0.6) is 5.75 Å². The van der Waals surface area contributed by atoms with Gasteiger partial charge in [-0.3, -0.25) is 9.52 Å². The summed E-state index contributed by atoms with van der Waals surface area (Å²) in [5.41, 5.74) is 1.48. The van der Waals surface area contributed by atoms with Crippen LogP contribution in [-0.4, -0.2) is 15.5 Å². The zero-order chi connectivity index (χ0) is 20.6. The molecule has 0 aliphatic heterocycles. The van der Waals surface area contributed by atoms with Crippen molar-refractivity contribution in [2.45, 2.75) is 37.5 Å². The third-order valence-corrected chi connectivity index (χ3v) is 8.16. The number of anilines is 1. The van der Waals surface area contributed by atoms with Crippen LogP contribution in [0.1, 0.15) is 30.2 Å². The fraction of sp³-hybridized carbons (Fsp3) is 0.318. The Bertz CT molecular complexity index is 1210. The zero-order valence-electron chi connectivity index (χ0n) is 16.4. The summed E-state index contributed by atoms with van der Waals surface area (Å²) < 4.78 is 33.9. The number of ether oxygens (including phenoxy) is 1. The van der Waals surface area contributed by atoms with Gasteiger partial charge in [0.1, 0.15) is 5.75 Å². The summed E-state index contributed by atoms with van der Waals surface area (Å²) in [7, 11) is -2.19. The van der Waals surface area contributed by atoms with Gasteiger partial charge in [-0.1, -0.05) is 13.3 Å². The molecule has 0 amide bonds. The van der Waals surface area contributed by atoms with Crippen molar-refractivity contribution in [3.63, 3.8) is 0 Å². The van der Waals surface area contributed by atoms with Gasteiger partial charge in [-0.05, 0) is 67.6 Å². The van der Waals surface area contributed by atoms with Crippen molar-refractivity contribution in [3.05, 3.63) is 63.1 Å². The average molecular weight is 430 g/mol. The Balaban J connectivity index is 1.69. The van der Waals surface area contributed by atoms with Gasteiger partial charge in [0.2, 0.25) is 0 Å². The van der Waals surface area contributed by atoms with Crippen molar-refractivity contribution in [2.75, 3.05) is 11.8 Å². The van der Waals surface area contributed by atoms with Gasteiger partial charge in [-0.15, -0.1) is 11.3 Å². The second kappa shape index (κ2) is 7.80. The first-order chi connectivity index (χ1) is 13.9. The van der Waals surface area contributed by atoms with E-state index >= 15 is 0 Å². The molecule has 1 unspecified atom stereocenters. The van der Waals surface area contributed by atoms with Gasteiger partial charge in [-0.25, -0.2) is 8.42 Å². The molecule has 29 heavy (non-hydrogen) atoms. The molecule has 0 saturated carbocycles. The fourth-order valence-corrected chi connectivity index (χ4v) is 6.20. The number of methoxy groups -OCH3 is 1. The lowest BCUT2D eigenvalue weighted by molar-refractivity contribution is 0.414. The molecule has 0 fully saturated rings. The second-order valence-corrected chi connectivity index (χ2v) is 10.2. The normalized spacial score (nSPS) is 16.4. The van der Waals surface area contributed by atoms with Crippen LogP contribution in [0.25, 0.3) is 10.1 Å². The van der Waals surface area contributed by atoms with Crippen molar-refractivity contribution in [3.8, 4) is 5.75 Å². The highest BCUT2D eigenvalue weighted by Crippen LogP contribution is 2.33. The number of hydrogen-bond donors (Lipinski definition) is 1. The van der Waals surface area contributed by atoms with Crippen LogP contribution >= 0.6 is 11.3 Å². The highest BCUT2D eigenvalue weighted by Gasteiger charge is 2.22. The maximum atomic E-state index is 12.9. The van der Waals surface area contributed by atoms with Gasteiger partial charge in [0.25, 0.3) is 10.0 Å². The van der Waals surface area contributed by atoms with Crippen molar-refractivity contribution in [1.29, 1.82) is 0 Å². The monoisotopic (exact) mass is 429 g/mol. The predicted molar refractivity (Wildman–Crippen MR) is 118 cm³/mol. The van der Waals surface area contributed by atoms with Crippen molar-refractivity contribution in [2.24, 2.45) is 5.92 Å². The Kier molecular flexibility index (Phi) is 5.36. The Morgan fingerprint density at radius 3 is 2.62 bits per heavy atom. The zero-order valence-corrected chi connectivity index (χ0v) is 18.0. The third-order valence-electron chi connectivity index (χ3n) is 5.55. The van der Waals surface area contributed by atoms with E-state index in [9.17, 15) is 13.2 Å². The van der Waals surface area contributed by atoms with Gasteiger partial charge in [0.05, 0.1) is 17.7 Å². The van der Waals surface area contributed by atoms with E-state index in [-0.39, 0.29) is 10.3 Å². The molecule has 1 heterocycles. The molecule has 152 valence electrons. The molecule has 1 aliphatic carbocycles. The lowest BCUT2D eigenvalue weighted by Gasteiger charge is -2.22.